The maximum atomic E-state index is 12.5. The number of rotatable bonds is 7. The van der Waals surface area contributed by atoms with E-state index in [-0.39, 0.29) is 11.9 Å². The van der Waals surface area contributed by atoms with Crippen LogP contribution in [0.25, 0.3) is 0 Å². The molecule has 152 valence electrons. The molecule has 2 aromatic carbocycles. The minimum Gasteiger partial charge on any atom is -0.489 e. The lowest BCUT2D eigenvalue weighted by Gasteiger charge is -2.04. The van der Waals surface area contributed by atoms with Gasteiger partial charge in [0.05, 0.1) is 11.4 Å². The van der Waals surface area contributed by atoms with Gasteiger partial charge >= 0.3 is 0 Å². The van der Waals surface area contributed by atoms with Crippen LogP contribution in [0.5, 0.6) is 5.75 Å². The van der Waals surface area contributed by atoms with E-state index in [1.54, 1.807) is 22.9 Å². The second-order valence-electron chi connectivity index (χ2n) is 6.38. The third kappa shape index (κ3) is 5.18. The minimum absolute atomic E-state index is 0.223. The number of hydrogen-bond donors (Lipinski definition) is 1. The molecule has 0 unspecified atom stereocenters. The molecule has 4 rings (SSSR count). The highest BCUT2D eigenvalue weighted by Gasteiger charge is 2.13. The summed E-state index contributed by atoms with van der Waals surface area (Å²) in [6.45, 7) is 0.807. The zero-order valence-electron chi connectivity index (χ0n) is 15.6. The molecule has 0 radical (unpaired) electrons. The van der Waals surface area contributed by atoms with E-state index in [1.807, 2.05) is 41.8 Å². The van der Waals surface area contributed by atoms with Crippen molar-refractivity contribution in [1.82, 2.24) is 14.8 Å². The molecule has 2 heterocycles. The number of nitrogens with zero attached hydrogens (tertiary/aromatic N) is 3. The number of carbonyl (C=O) groups excluding carboxylic acids is 1. The Morgan fingerprint density at radius 3 is 2.77 bits per heavy atom. The van der Waals surface area contributed by atoms with Crippen LogP contribution in [0.15, 0.2) is 66.3 Å². The number of para-hydroxylation sites is 1. The van der Waals surface area contributed by atoms with Crippen molar-refractivity contribution >= 4 is 46.4 Å². The van der Waals surface area contributed by atoms with Crippen LogP contribution in [-0.4, -0.2) is 20.7 Å². The van der Waals surface area contributed by atoms with Crippen LogP contribution >= 0.6 is 34.5 Å². The fraction of sp³-hybridized carbons (Fsp3) is 0.0952. The number of halogens is 2. The number of amides is 1. The van der Waals surface area contributed by atoms with Gasteiger partial charge in [0.25, 0.3) is 5.91 Å². The molecule has 0 aliphatic rings. The fourth-order valence-corrected chi connectivity index (χ4v) is 3.93. The average molecular weight is 459 g/mol. The monoisotopic (exact) mass is 458 g/mol. The molecule has 2 aromatic heterocycles. The molecule has 0 aliphatic carbocycles. The summed E-state index contributed by atoms with van der Waals surface area (Å²) in [5.74, 6) is 0.735. The van der Waals surface area contributed by atoms with Gasteiger partial charge in [0.1, 0.15) is 18.7 Å². The Morgan fingerprint density at radius 1 is 1.13 bits per heavy atom. The van der Waals surface area contributed by atoms with E-state index in [0.29, 0.717) is 28.1 Å². The Bertz CT molecular complexity index is 1160. The molecule has 0 aliphatic heterocycles. The molecular weight excluding hydrogens is 443 g/mol. The quantitative estimate of drug-likeness (QED) is 0.395. The molecule has 4 aromatic rings. The van der Waals surface area contributed by atoms with Crippen molar-refractivity contribution in [2.75, 3.05) is 5.32 Å². The first-order valence-corrected chi connectivity index (χ1v) is 10.6. The summed E-state index contributed by atoms with van der Waals surface area (Å²) in [6.07, 6.45) is 1.54. The van der Waals surface area contributed by atoms with Crippen molar-refractivity contribution in [1.29, 1.82) is 0 Å². The van der Waals surface area contributed by atoms with Crippen LogP contribution in [0.3, 0.4) is 0 Å². The van der Waals surface area contributed by atoms with Crippen LogP contribution in [0, 0.1) is 0 Å². The first kappa shape index (κ1) is 20.4. The predicted molar refractivity (Wildman–Crippen MR) is 119 cm³/mol. The molecule has 0 fully saturated rings. The van der Waals surface area contributed by atoms with Gasteiger partial charge < -0.3 is 4.74 Å². The molecule has 0 saturated heterocycles. The van der Waals surface area contributed by atoms with Crippen molar-refractivity contribution in [2.45, 2.75) is 13.2 Å². The topological polar surface area (TPSA) is 69.0 Å². The third-order valence-electron chi connectivity index (χ3n) is 4.14. The Labute approximate surface area is 187 Å². The Morgan fingerprint density at radius 2 is 1.97 bits per heavy atom. The molecule has 30 heavy (non-hydrogen) atoms. The number of nitrogens with one attached hydrogen (secondary N) is 1. The maximum Gasteiger partial charge on any atom is 0.268 e. The first-order valence-electron chi connectivity index (χ1n) is 8.97. The average Bonchev–Trinajstić information content (AvgIpc) is 3.39. The molecular formula is C21H16Cl2N4O2S. The van der Waals surface area contributed by atoms with Gasteiger partial charge in [0.15, 0.2) is 0 Å². The smallest absolute Gasteiger partial charge is 0.268 e. The van der Waals surface area contributed by atoms with Gasteiger partial charge in [-0.2, -0.15) is 0 Å². The highest BCUT2D eigenvalue weighted by atomic mass is 35.5. The minimum atomic E-state index is -0.270. The second-order valence-corrected chi connectivity index (χ2v) is 8.13. The number of thiophene rings is 1. The fourth-order valence-electron chi connectivity index (χ4n) is 2.67. The molecule has 6 nitrogen and oxygen atoms in total. The third-order valence-corrected chi connectivity index (χ3v) is 5.70. The van der Waals surface area contributed by atoms with Gasteiger partial charge in [0.2, 0.25) is 5.95 Å². The first-order chi connectivity index (χ1) is 14.6. The molecule has 0 saturated carbocycles. The van der Waals surface area contributed by atoms with Crippen LogP contribution in [0.4, 0.5) is 5.95 Å². The van der Waals surface area contributed by atoms with Gasteiger partial charge in [-0.3, -0.25) is 10.1 Å². The molecule has 0 bridgehead atoms. The lowest BCUT2D eigenvalue weighted by molar-refractivity contribution is 0.102. The van der Waals surface area contributed by atoms with E-state index >= 15 is 0 Å². The predicted octanol–water partition coefficient (Wildman–Crippen LogP) is 5.53. The van der Waals surface area contributed by atoms with Crippen LogP contribution in [-0.2, 0) is 13.2 Å². The zero-order valence-corrected chi connectivity index (χ0v) is 17.9. The van der Waals surface area contributed by atoms with Crippen molar-refractivity contribution in [3.8, 4) is 5.75 Å². The van der Waals surface area contributed by atoms with Gasteiger partial charge in [-0.25, -0.2) is 9.67 Å². The van der Waals surface area contributed by atoms with Crippen LogP contribution in [0.2, 0.25) is 10.0 Å². The zero-order chi connectivity index (χ0) is 20.9. The molecule has 9 heteroatoms. The van der Waals surface area contributed by atoms with E-state index in [4.69, 9.17) is 27.9 Å². The molecule has 0 atom stereocenters. The summed E-state index contributed by atoms with van der Waals surface area (Å²) in [7, 11) is 0. The van der Waals surface area contributed by atoms with Crippen molar-refractivity contribution in [3.05, 3.63) is 92.4 Å². The lowest BCUT2D eigenvalue weighted by Crippen LogP contribution is -2.12. The van der Waals surface area contributed by atoms with Gasteiger partial charge in [-0.1, -0.05) is 47.5 Å². The molecule has 1 N–H and O–H groups in total. The van der Waals surface area contributed by atoms with E-state index < -0.39 is 0 Å². The molecule has 0 spiro atoms. The van der Waals surface area contributed by atoms with Crippen molar-refractivity contribution in [2.24, 2.45) is 0 Å². The second kappa shape index (κ2) is 9.30. The highest BCUT2D eigenvalue weighted by molar-refractivity contribution is 7.12. The SMILES string of the molecule is O=C(Nc1ncn(Cc2ccc(Cl)cc2Cl)n1)c1cc(COc2ccccc2)cs1. The molecule has 1 amide bonds. The largest absolute Gasteiger partial charge is 0.489 e. The summed E-state index contributed by atoms with van der Waals surface area (Å²) in [6, 6.07) is 16.6. The number of ether oxygens (including phenoxy) is 1. The van der Waals surface area contributed by atoms with Gasteiger partial charge in [0, 0.05) is 15.6 Å². The summed E-state index contributed by atoms with van der Waals surface area (Å²) in [5, 5.41) is 10.0. The summed E-state index contributed by atoms with van der Waals surface area (Å²) >= 11 is 13.5. The van der Waals surface area contributed by atoms with E-state index in [0.717, 1.165) is 16.9 Å². The number of anilines is 1. The van der Waals surface area contributed by atoms with Crippen molar-refractivity contribution < 1.29 is 9.53 Å². The normalized spacial score (nSPS) is 10.7. The van der Waals surface area contributed by atoms with Crippen molar-refractivity contribution in [3.63, 3.8) is 0 Å². The standard InChI is InChI=1S/C21H16Cl2N4O2S/c22-16-7-6-15(18(23)9-16)10-27-13-24-21(26-27)25-20(28)19-8-14(12-30-19)11-29-17-4-2-1-3-5-17/h1-9,12-13H,10-11H2,(H,25,26,28). The summed E-state index contributed by atoms with van der Waals surface area (Å²) in [5.41, 5.74) is 1.77. The number of aromatic nitrogens is 3. The number of benzene rings is 2. The van der Waals surface area contributed by atoms with E-state index in [9.17, 15) is 4.79 Å². The van der Waals surface area contributed by atoms with E-state index in [2.05, 4.69) is 15.4 Å². The Hall–Kier alpha value is -2.87. The summed E-state index contributed by atoms with van der Waals surface area (Å²) < 4.78 is 7.30. The lowest BCUT2D eigenvalue weighted by atomic mass is 10.2. The van der Waals surface area contributed by atoms with Crippen LogP contribution < -0.4 is 10.1 Å². The van der Waals surface area contributed by atoms with Crippen LogP contribution in [0.1, 0.15) is 20.8 Å². The summed E-state index contributed by atoms with van der Waals surface area (Å²) in [4.78, 5) is 17.2. The number of carbonyl (C=O) groups is 1. The Kier molecular flexibility index (Phi) is 6.32. The Balaban J connectivity index is 1.35. The van der Waals surface area contributed by atoms with E-state index in [1.165, 1.54) is 17.7 Å². The van der Waals surface area contributed by atoms with Gasteiger partial charge in [-0.15, -0.1) is 16.4 Å². The van der Waals surface area contributed by atoms with Gasteiger partial charge in [-0.05, 0) is 41.3 Å². The highest BCUT2D eigenvalue weighted by Crippen LogP contribution is 2.22. The maximum absolute atomic E-state index is 12.5. The number of hydrogen-bond acceptors (Lipinski definition) is 5.